The quantitative estimate of drug-likeness (QED) is 0.612. The Bertz CT molecular complexity index is 843. The minimum Gasteiger partial charge on any atom is -0.497 e. The van der Waals surface area contributed by atoms with Crippen LogP contribution in [0.25, 0.3) is 6.08 Å². The van der Waals surface area contributed by atoms with E-state index in [4.69, 9.17) is 32.7 Å². The maximum Gasteiger partial charge on any atom is 0.363 e. The summed E-state index contributed by atoms with van der Waals surface area (Å²) < 4.78 is 10.3. The van der Waals surface area contributed by atoms with Gasteiger partial charge in [0.25, 0.3) is 0 Å². The number of aliphatic imine (C=N–C) groups is 1. The fourth-order valence-corrected chi connectivity index (χ4v) is 2.50. The topological polar surface area (TPSA) is 47.9 Å². The van der Waals surface area contributed by atoms with Crippen molar-refractivity contribution in [1.29, 1.82) is 0 Å². The van der Waals surface area contributed by atoms with Crippen LogP contribution in [-0.4, -0.2) is 19.0 Å². The molecule has 1 aliphatic heterocycles. The summed E-state index contributed by atoms with van der Waals surface area (Å²) in [5.41, 5.74) is 1.37. The lowest BCUT2D eigenvalue weighted by Gasteiger charge is -2.05. The van der Waals surface area contributed by atoms with E-state index in [0.717, 1.165) is 0 Å². The van der Waals surface area contributed by atoms with E-state index >= 15 is 0 Å². The molecule has 116 valence electrons. The lowest BCUT2D eigenvalue weighted by atomic mass is 10.2. The first-order valence-electron chi connectivity index (χ1n) is 6.69. The normalized spacial score (nSPS) is 15.5. The van der Waals surface area contributed by atoms with E-state index in [0.29, 0.717) is 26.9 Å². The van der Waals surface area contributed by atoms with Crippen LogP contribution in [-0.2, 0) is 9.53 Å². The Balaban J connectivity index is 1.97. The molecule has 0 atom stereocenters. The number of carbonyl (C=O) groups is 1. The first-order chi connectivity index (χ1) is 11.1. The smallest absolute Gasteiger partial charge is 0.363 e. The largest absolute Gasteiger partial charge is 0.497 e. The second-order valence-corrected chi connectivity index (χ2v) is 5.52. The second kappa shape index (κ2) is 6.44. The van der Waals surface area contributed by atoms with Gasteiger partial charge >= 0.3 is 5.97 Å². The van der Waals surface area contributed by atoms with E-state index in [1.807, 2.05) is 12.1 Å². The first kappa shape index (κ1) is 15.6. The summed E-state index contributed by atoms with van der Waals surface area (Å²) in [5.74, 6) is 0.211. The standard InChI is InChI=1S/C17H11Cl2NO3/c1-22-11-6-7-12(14(19)9-11)16-20-15(17(21)23-16)8-10-4-2-3-5-13(10)18/h2-9H,1H3/b15-8-. The molecule has 0 aromatic heterocycles. The summed E-state index contributed by atoms with van der Waals surface area (Å²) in [6.07, 6.45) is 1.58. The summed E-state index contributed by atoms with van der Waals surface area (Å²) >= 11 is 12.3. The van der Waals surface area contributed by atoms with Crippen molar-refractivity contribution < 1.29 is 14.3 Å². The van der Waals surface area contributed by atoms with Gasteiger partial charge in [0.1, 0.15) is 5.75 Å². The first-order valence-corrected chi connectivity index (χ1v) is 7.45. The van der Waals surface area contributed by atoms with Crippen molar-refractivity contribution in [3.05, 3.63) is 69.3 Å². The van der Waals surface area contributed by atoms with Gasteiger partial charge in [-0.3, -0.25) is 0 Å². The van der Waals surface area contributed by atoms with Gasteiger partial charge in [-0.1, -0.05) is 41.4 Å². The molecular formula is C17H11Cl2NO3. The molecule has 0 bridgehead atoms. The predicted octanol–water partition coefficient (Wildman–Crippen LogP) is 4.35. The number of halogens is 2. The van der Waals surface area contributed by atoms with Crippen molar-refractivity contribution in [2.75, 3.05) is 7.11 Å². The Kier molecular flexibility index (Phi) is 4.37. The summed E-state index contributed by atoms with van der Waals surface area (Å²) in [4.78, 5) is 16.2. The minimum atomic E-state index is -0.549. The zero-order chi connectivity index (χ0) is 16.4. The lowest BCUT2D eigenvalue weighted by Crippen LogP contribution is -2.06. The van der Waals surface area contributed by atoms with Gasteiger partial charge in [0.15, 0.2) is 5.70 Å². The van der Waals surface area contributed by atoms with Crippen LogP contribution in [0.1, 0.15) is 11.1 Å². The zero-order valence-electron chi connectivity index (χ0n) is 12.0. The summed E-state index contributed by atoms with van der Waals surface area (Å²) in [5, 5.41) is 0.911. The molecule has 1 heterocycles. The third-order valence-electron chi connectivity index (χ3n) is 3.22. The maximum atomic E-state index is 12.0. The molecule has 4 nitrogen and oxygen atoms in total. The van der Waals surface area contributed by atoms with Crippen molar-refractivity contribution in [3.63, 3.8) is 0 Å². The third-order valence-corrected chi connectivity index (χ3v) is 3.88. The molecule has 3 rings (SSSR count). The lowest BCUT2D eigenvalue weighted by molar-refractivity contribution is -0.129. The molecular weight excluding hydrogens is 337 g/mol. The number of nitrogens with zero attached hydrogens (tertiary/aromatic N) is 1. The van der Waals surface area contributed by atoms with Gasteiger partial charge in [0.2, 0.25) is 5.90 Å². The molecule has 0 N–H and O–H groups in total. The molecule has 0 aliphatic carbocycles. The van der Waals surface area contributed by atoms with Gasteiger partial charge in [0, 0.05) is 5.02 Å². The number of hydrogen-bond donors (Lipinski definition) is 0. The van der Waals surface area contributed by atoms with Crippen LogP contribution >= 0.6 is 23.2 Å². The van der Waals surface area contributed by atoms with Gasteiger partial charge in [0.05, 0.1) is 17.7 Å². The van der Waals surface area contributed by atoms with Crippen LogP contribution in [0.4, 0.5) is 0 Å². The molecule has 23 heavy (non-hydrogen) atoms. The summed E-state index contributed by atoms with van der Waals surface area (Å²) in [6, 6.07) is 12.2. The number of rotatable bonds is 3. The SMILES string of the molecule is COc1ccc(C2=N/C(=C\c3ccccc3Cl)C(=O)O2)c(Cl)c1. The van der Waals surface area contributed by atoms with Gasteiger partial charge < -0.3 is 9.47 Å². The van der Waals surface area contributed by atoms with Crippen molar-refractivity contribution in [3.8, 4) is 5.75 Å². The molecule has 2 aromatic rings. The monoisotopic (exact) mass is 347 g/mol. The van der Waals surface area contributed by atoms with Crippen LogP contribution in [0.15, 0.2) is 53.2 Å². The zero-order valence-corrected chi connectivity index (χ0v) is 13.6. The fourth-order valence-electron chi connectivity index (χ4n) is 2.06. The fraction of sp³-hybridized carbons (Fsp3) is 0.0588. The molecule has 6 heteroatoms. The Hall–Kier alpha value is -2.30. The Morgan fingerprint density at radius 3 is 2.61 bits per heavy atom. The van der Waals surface area contributed by atoms with E-state index in [1.54, 1.807) is 43.5 Å². The van der Waals surface area contributed by atoms with Crippen LogP contribution in [0.2, 0.25) is 10.0 Å². The predicted molar refractivity (Wildman–Crippen MR) is 90.1 cm³/mol. The number of hydrogen-bond acceptors (Lipinski definition) is 4. The number of benzene rings is 2. The Labute approximate surface area is 143 Å². The van der Waals surface area contributed by atoms with Crippen molar-refractivity contribution in [1.82, 2.24) is 0 Å². The average molecular weight is 348 g/mol. The van der Waals surface area contributed by atoms with E-state index < -0.39 is 5.97 Å². The van der Waals surface area contributed by atoms with Crippen LogP contribution < -0.4 is 4.74 Å². The molecule has 0 unspecified atom stereocenters. The molecule has 2 aromatic carbocycles. The number of esters is 1. The van der Waals surface area contributed by atoms with E-state index in [9.17, 15) is 4.79 Å². The number of ether oxygens (including phenoxy) is 2. The Morgan fingerprint density at radius 1 is 1.13 bits per heavy atom. The molecule has 0 spiro atoms. The van der Waals surface area contributed by atoms with Crippen molar-refractivity contribution in [2.45, 2.75) is 0 Å². The number of cyclic esters (lactones) is 1. The van der Waals surface area contributed by atoms with Crippen molar-refractivity contribution in [2.24, 2.45) is 4.99 Å². The Morgan fingerprint density at radius 2 is 1.91 bits per heavy atom. The average Bonchev–Trinajstić information content (AvgIpc) is 2.90. The van der Waals surface area contributed by atoms with Crippen LogP contribution in [0.3, 0.4) is 0 Å². The number of methoxy groups -OCH3 is 1. The highest BCUT2D eigenvalue weighted by Crippen LogP contribution is 2.27. The minimum absolute atomic E-state index is 0.154. The second-order valence-electron chi connectivity index (χ2n) is 4.70. The highest BCUT2D eigenvalue weighted by molar-refractivity contribution is 6.35. The van der Waals surface area contributed by atoms with Gasteiger partial charge in [-0.15, -0.1) is 0 Å². The molecule has 0 radical (unpaired) electrons. The van der Waals surface area contributed by atoms with Gasteiger partial charge in [-0.2, -0.15) is 0 Å². The van der Waals surface area contributed by atoms with Gasteiger partial charge in [-0.25, -0.2) is 9.79 Å². The molecule has 1 aliphatic rings. The third kappa shape index (κ3) is 3.23. The van der Waals surface area contributed by atoms with Crippen molar-refractivity contribution >= 4 is 41.1 Å². The highest BCUT2D eigenvalue weighted by Gasteiger charge is 2.26. The van der Waals surface area contributed by atoms with Gasteiger partial charge in [-0.05, 0) is 35.9 Å². The number of carbonyl (C=O) groups excluding carboxylic acids is 1. The van der Waals surface area contributed by atoms with E-state index in [2.05, 4.69) is 4.99 Å². The van der Waals surface area contributed by atoms with Crippen LogP contribution in [0.5, 0.6) is 5.75 Å². The molecule has 0 saturated carbocycles. The molecule has 0 amide bonds. The highest BCUT2D eigenvalue weighted by atomic mass is 35.5. The van der Waals surface area contributed by atoms with E-state index in [-0.39, 0.29) is 11.6 Å². The summed E-state index contributed by atoms with van der Waals surface area (Å²) in [6.45, 7) is 0. The molecule has 0 fully saturated rings. The molecule has 0 saturated heterocycles. The summed E-state index contributed by atoms with van der Waals surface area (Å²) in [7, 11) is 1.54. The van der Waals surface area contributed by atoms with E-state index in [1.165, 1.54) is 0 Å². The van der Waals surface area contributed by atoms with Crippen LogP contribution in [0, 0.1) is 0 Å². The maximum absolute atomic E-state index is 12.0.